The van der Waals surface area contributed by atoms with Crippen molar-refractivity contribution < 1.29 is 13.2 Å². The molecule has 1 amide bonds. The molecule has 0 heterocycles. The first-order valence-electron chi connectivity index (χ1n) is 5.21. The van der Waals surface area contributed by atoms with E-state index in [-0.39, 0.29) is 16.5 Å². The highest BCUT2D eigenvalue weighted by molar-refractivity contribution is 7.89. The van der Waals surface area contributed by atoms with E-state index in [1.54, 1.807) is 13.1 Å². The summed E-state index contributed by atoms with van der Waals surface area (Å²) < 4.78 is 22.3. The van der Waals surface area contributed by atoms with E-state index in [0.717, 1.165) is 0 Å². The molecule has 0 aliphatic carbocycles. The van der Waals surface area contributed by atoms with Crippen LogP contribution in [0.15, 0.2) is 23.1 Å². The summed E-state index contributed by atoms with van der Waals surface area (Å²) in [6.07, 6.45) is 0.313. The van der Waals surface area contributed by atoms with Crippen LogP contribution >= 0.6 is 0 Å². The number of sulfonamides is 1. The summed E-state index contributed by atoms with van der Waals surface area (Å²) in [7, 11) is -2.25. The minimum Gasteiger partial charge on any atom is -0.398 e. The number of rotatable bonds is 5. The highest BCUT2D eigenvalue weighted by Gasteiger charge is 2.12. The number of hydrogen-bond acceptors (Lipinski definition) is 5. The van der Waals surface area contributed by atoms with Gasteiger partial charge >= 0.3 is 0 Å². The smallest absolute Gasteiger partial charge is 0.240 e. The molecule has 0 fully saturated rings. The fraction of sp³-hybridized carbons (Fsp3) is 0.300. The number of benzene rings is 1. The molecule has 0 bridgehead atoms. The standard InChI is InChI=1S/C10H16N4O3S/c1-13-10(15)4-5-14-7-2-3-9(8(11)6-7)18(12,16)17/h2-3,6,14H,4-5,11H2,1H3,(H,13,15)(H2,12,16,17). The zero-order valence-corrected chi connectivity index (χ0v) is 10.8. The number of anilines is 2. The molecule has 0 spiro atoms. The number of nitrogens with two attached hydrogens (primary N) is 2. The number of nitrogen functional groups attached to an aromatic ring is 1. The Kier molecular flexibility index (Phi) is 4.51. The lowest BCUT2D eigenvalue weighted by molar-refractivity contribution is -0.120. The molecule has 0 atom stereocenters. The fourth-order valence-corrected chi connectivity index (χ4v) is 2.01. The molecule has 8 heteroatoms. The average Bonchev–Trinajstić information content (AvgIpc) is 2.27. The molecule has 0 saturated heterocycles. The fourth-order valence-electron chi connectivity index (χ4n) is 1.36. The lowest BCUT2D eigenvalue weighted by atomic mass is 10.2. The van der Waals surface area contributed by atoms with Gasteiger partial charge in [0.05, 0.1) is 5.69 Å². The van der Waals surface area contributed by atoms with Crippen molar-refractivity contribution >= 4 is 27.3 Å². The topological polar surface area (TPSA) is 127 Å². The van der Waals surface area contributed by atoms with Gasteiger partial charge in [-0.2, -0.15) is 0 Å². The molecular formula is C10H16N4O3S. The lowest BCUT2D eigenvalue weighted by Gasteiger charge is -2.09. The van der Waals surface area contributed by atoms with E-state index in [9.17, 15) is 13.2 Å². The minimum atomic E-state index is -3.81. The maximum Gasteiger partial charge on any atom is 0.240 e. The van der Waals surface area contributed by atoms with Crippen LogP contribution in [-0.2, 0) is 14.8 Å². The Morgan fingerprint density at radius 3 is 2.56 bits per heavy atom. The largest absolute Gasteiger partial charge is 0.398 e. The third-order valence-electron chi connectivity index (χ3n) is 2.28. The van der Waals surface area contributed by atoms with E-state index >= 15 is 0 Å². The van der Waals surface area contributed by atoms with Crippen molar-refractivity contribution in [3.63, 3.8) is 0 Å². The van der Waals surface area contributed by atoms with Crippen LogP contribution in [0.4, 0.5) is 11.4 Å². The number of carbonyl (C=O) groups is 1. The van der Waals surface area contributed by atoms with Gasteiger partial charge in [-0.3, -0.25) is 4.79 Å². The Morgan fingerprint density at radius 2 is 2.06 bits per heavy atom. The van der Waals surface area contributed by atoms with Gasteiger partial charge in [-0.25, -0.2) is 13.6 Å². The van der Waals surface area contributed by atoms with E-state index < -0.39 is 10.0 Å². The number of amides is 1. The molecule has 1 aromatic carbocycles. The Hall–Kier alpha value is -1.80. The van der Waals surface area contributed by atoms with E-state index in [1.165, 1.54) is 12.1 Å². The van der Waals surface area contributed by atoms with E-state index in [1.807, 2.05) is 0 Å². The summed E-state index contributed by atoms with van der Waals surface area (Å²) in [4.78, 5) is 10.9. The molecule has 6 N–H and O–H groups in total. The van der Waals surface area contributed by atoms with Crippen LogP contribution in [0.1, 0.15) is 6.42 Å². The van der Waals surface area contributed by atoms with Gasteiger partial charge in [0.15, 0.2) is 0 Å². The minimum absolute atomic E-state index is 0.0717. The summed E-state index contributed by atoms with van der Waals surface area (Å²) in [5.41, 5.74) is 6.29. The summed E-state index contributed by atoms with van der Waals surface area (Å²) >= 11 is 0. The average molecular weight is 272 g/mol. The van der Waals surface area contributed by atoms with Crippen LogP contribution in [-0.4, -0.2) is 27.9 Å². The molecule has 18 heavy (non-hydrogen) atoms. The van der Waals surface area contributed by atoms with Crippen molar-refractivity contribution in [1.82, 2.24) is 5.32 Å². The first-order valence-corrected chi connectivity index (χ1v) is 6.76. The monoisotopic (exact) mass is 272 g/mol. The summed E-state index contributed by atoms with van der Waals surface area (Å²) in [6, 6.07) is 4.33. The molecule has 0 aliphatic heterocycles. The van der Waals surface area contributed by atoms with Crippen LogP contribution in [0.25, 0.3) is 0 Å². The van der Waals surface area contributed by atoms with E-state index in [0.29, 0.717) is 18.7 Å². The Bertz CT molecular complexity index is 542. The second-order valence-electron chi connectivity index (χ2n) is 3.65. The van der Waals surface area contributed by atoms with Crippen LogP contribution in [0.3, 0.4) is 0 Å². The molecule has 100 valence electrons. The maximum absolute atomic E-state index is 11.1. The number of hydrogen-bond donors (Lipinski definition) is 4. The Balaban J connectivity index is 2.71. The van der Waals surface area contributed by atoms with Gasteiger partial charge < -0.3 is 16.4 Å². The zero-order valence-electron chi connectivity index (χ0n) is 9.93. The van der Waals surface area contributed by atoms with Crippen LogP contribution in [0.2, 0.25) is 0 Å². The van der Waals surface area contributed by atoms with Gasteiger partial charge in [-0.05, 0) is 18.2 Å². The molecular weight excluding hydrogens is 256 g/mol. The predicted molar refractivity (Wildman–Crippen MR) is 69.4 cm³/mol. The third kappa shape index (κ3) is 3.90. The lowest BCUT2D eigenvalue weighted by Crippen LogP contribution is -2.21. The molecule has 0 radical (unpaired) electrons. The van der Waals surface area contributed by atoms with Crippen molar-refractivity contribution in [3.05, 3.63) is 18.2 Å². The van der Waals surface area contributed by atoms with Crippen molar-refractivity contribution in [3.8, 4) is 0 Å². The molecule has 0 unspecified atom stereocenters. The van der Waals surface area contributed by atoms with Gasteiger partial charge in [0.2, 0.25) is 15.9 Å². The van der Waals surface area contributed by atoms with E-state index in [2.05, 4.69) is 10.6 Å². The number of carbonyl (C=O) groups excluding carboxylic acids is 1. The second kappa shape index (κ2) is 5.69. The zero-order chi connectivity index (χ0) is 13.8. The quantitative estimate of drug-likeness (QED) is 0.535. The van der Waals surface area contributed by atoms with Crippen molar-refractivity contribution in [2.75, 3.05) is 24.6 Å². The molecule has 0 saturated carbocycles. The number of primary sulfonamides is 1. The summed E-state index contributed by atoms with van der Waals surface area (Å²) in [5, 5.41) is 10.4. The van der Waals surface area contributed by atoms with Crippen LogP contribution in [0, 0.1) is 0 Å². The second-order valence-corrected chi connectivity index (χ2v) is 5.18. The number of nitrogens with one attached hydrogen (secondary N) is 2. The van der Waals surface area contributed by atoms with Gasteiger partial charge in [0.1, 0.15) is 4.90 Å². The van der Waals surface area contributed by atoms with Gasteiger partial charge in [-0.1, -0.05) is 0 Å². The molecule has 7 nitrogen and oxygen atoms in total. The summed E-state index contributed by atoms with van der Waals surface area (Å²) in [6.45, 7) is 0.424. The van der Waals surface area contributed by atoms with Gasteiger partial charge in [-0.15, -0.1) is 0 Å². The molecule has 1 aromatic rings. The Morgan fingerprint density at radius 1 is 1.39 bits per heavy atom. The highest BCUT2D eigenvalue weighted by atomic mass is 32.2. The molecule has 0 aliphatic rings. The molecule has 0 aromatic heterocycles. The third-order valence-corrected chi connectivity index (χ3v) is 3.26. The normalized spacial score (nSPS) is 11.0. The molecule has 1 rings (SSSR count). The maximum atomic E-state index is 11.1. The van der Waals surface area contributed by atoms with Crippen LogP contribution in [0.5, 0.6) is 0 Å². The van der Waals surface area contributed by atoms with Gasteiger partial charge in [0.25, 0.3) is 0 Å². The van der Waals surface area contributed by atoms with Gasteiger partial charge in [0, 0.05) is 25.7 Å². The Labute approximate surface area is 106 Å². The predicted octanol–water partition coefficient (Wildman–Crippen LogP) is -0.536. The van der Waals surface area contributed by atoms with Crippen molar-refractivity contribution in [2.24, 2.45) is 5.14 Å². The van der Waals surface area contributed by atoms with Crippen LogP contribution < -0.4 is 21.5 Å². The van der Waals surface area contributed by atoms with Crippen molar-refractivity contribution in [2.45, 2.75) is 11.3 Å². The summed E-state index contributed by atoms with van der Waals surface area (Å²) in [5.74, 6) is -0.0865. The van der Waals surface area contributed by atoms with Crippen molar-refractivity contribution in [1.29, 1.82) is 0 Å². The SMILES string of the molecule is CNC(=O)CCNc1ccc(S(N)(=O)=O)c(N)c1. The first-order chi connectivity index (χ1) is 8.34. The van der Waals surface area contributed by atoms with E-state index in [4.69, 9.17) is 10.9 Å². The first kappa shape index (κ1) is 14.3. The highest BCUT2D eigenvalue weighted by Crippen LogP contribution is 2.21.